The predicted octanol–water partition coefficient (Wildman–Crippen LogP) is 8.40. The zero-order chi connectivity index (χ0) is 41.7. The standard InChI is InChI=1S/C47H51N7O6/c1-26(2)17-41(55)54-27(3)11-16-38(54)45-49-36-15-13-30-20-35-33-14-12-31(19-32(33)25-60-40(35)21-34(30)43(36)51-45)37-22-48-44(50-37)39-18-28(24-58-4)23-53(39)46(56)42(52-47(57)59-5)29-9-7-6-8-10-29/h6-10,12-15,19-22,26-28,38-39,42H,11,16-18,23-25H2,1-5H3,(H,48,50)(H,49,51)(H,52,57)/t27-,28-,38?,39?,42?/m0/s1. The molecule has 0 bridgehead atoms. The van der Waals surface area contributed by atoms with E-state index in [-0.39, 0.29) is 35.9 Å². The maximum atomic E-state index is 14.3. The number of aromatic amines is 2. The maximum Gasteiger partial charge on any atom is 0.407 e. The van der Waals surface area contributed by atoms with Crippen molar-refractivity contribution in [2.45, 2.75) is 77.2 Å². The Kier molecular flexibility index (Phi) is 10.5. The molecule has 13 nitrogen and oxygen atoms in total. The molecular formula is C47H51N7O6. The van der Waals surface area contributed by atoms with E-state index in [1.54, 1.807) is 12.0 Å². The van der Waals surface area contributed by atoms with E-state index in [0.29, 0.717) is 49.9 Å². The summed E-state index contributed by atoms with van der Waals surface area (Å²) in [7, 11) is 2.94. The number of aromatic nitrogens is 4. The number of H-pyrrole nitrogens is 2. The van der Waals surface area contributed by atoms with Gasteiger partial charge >= 0.3 is 6.09 Å². The van der Waals surface area contributed by atoms with Crippen molar-refractivity contribution in [3.05, 3.63) is 102 Å². The number of amides is 3. The molecule has 6 aromatic rings. The van der Waals surface area contributed by atoms with Gasteiger partial charge in [0.25, 0.3) is 5.91 Å². The molecule has 13 heteroatoms. The van der Waals surface area contributed by atoms with Crippen molar-refractivity contribution in [3.8, 4) is 28.1 Å². The van der Waals surface area contributed by atoms with Crippen LogP contribution >= 0.6 is 0 Å². The number of carbonyl (C=O) groups excluding carboxylic acids is 3. The number of imidazole rings is 2. The highest BCUT2D eigenvalue weighted by Crippen LogP contribution is 2.44. The van der Waals surface area contributed by atoms with Gasteiger partial charge in [-0.25, -0.2) is 14.8 Å². The topological polar surface area (TPSA) is 155 Å². The van der Waals surface area contributed by atoms with Crippen molar-refractivity contribution in [3.63, 3.8) is 0 Å². The normalized spacial score (nSPS) is 20.3. The van der Waals surface area contributed by atoms with Gasteiger partial charge in [-0.15, -0.1) is 0 Å². The fourth-order valence-corrected chi connectivity index (χ4v) is 9.47. The number of methoxy groups -OCH3 is 2. The monoisotopic (exact) mass is 809 g/mol. The van der Waals surface area contributed by atoms with Crippen LogP contribution in [0.4, 0.5) is 4.79 Å². The summed E-state index contributed by atoms with van der Waals surface area (Å²) >= 11 is 0. The molecule has 4 aromatic carbocycles. The van der Waals surface area contributed by atoms with Gasteiger partial charge < -0.3 is 39.3 Å². The van der Waals surface area contributed by atoms with E-state index in [1.165, 1.54) is 7.11 Å². The highest BCUT2D eigenvalue weighted by Gasteiger charge is 2.41. The Morgan fingerprint density at radius 1 is 0.950 bits per heavy atom. The van der Waals surface area contributed by atoms with E-state index in [2.05, 4.69) is 78.5 Å². The number of nitrogens with zero attached hydrogens (tertiary/aromatic N) is 4. The molecule has 3 N–H and O–H groups in total. The largest absolute Gasteiger partial charge is 0.488 e. The highest BCUT2D eigenvalue weighted by atomic mass is 16.5. The number of carbonyl (C=O) groups is 3. The van der Waals surface area contributed by atoms with Crippen molar-refractivity contribution in [2.75, 3.05) is 27.4 Å². The number of hydrogen-bond donors (Lipinski definition) is 3. The van der Waals surface area contributed by atoms with Crippen LogP contribution in [0.3, 0.4) is 0 Å². The summed E-state index contributed by atoms with van der Waals surface area (Å²) in [6.45, 7) is 7.65. The Hall–Kier alpha value is -6.21. The number of benzene rings is 4. The summed E-state index contributed by atoms with van der Waals surface area (Å²) in [5, 5.41) is 4.81. The van der Waals surface area contributed by atoms with Crippen LogP contribution in [0.15, 0.2) is 79.0 Å². The molecular weight excluding hydrogens is 759 g/mol. The van der Waals surface area contributed by atoms with Crippen molar-refractivity contribution in [1.29, 1.82) is 0 Å². The van der Waals surface area contributed by atoms with Crippen molar-refractivity contribution in [2.24, 2.45) is 11.8 Å². The van der Waals surface area contributed by atoms with Crippen molar-refractivity contribution in [1.82, 2.24) is 35.1 Å². The van der Waals surface area contributed by atoms with Gasteiger partial charge in [0.05, 0.1) is 48.7 Å². The SMILES string of the molecule is COC[C@H]1CC(c2ncc(-c3ccc4c(c3)COc3cc5c(ccc6[nH]c(C7CC[C@H](C)N7C(=O)CC(C)C)nc65)cc3-4)[nH]2)N(C(=O)C(NC(=O)OC)c2ccccc2)C1. The molecule has 5 atom stereocenters. The second-order valence-electron chi connectivity index (χ2n) is 16.9. The Balaban J connectivity index is 0.983. The summed E-state index contributed by atoms with van der Waals surface area (Å²) in [4.78, 5) is 60.8. The van der Waals surface area contributed by atoms with E-state index >= 15 is 0 Å². The number of fused-ring (bicyclic) bond motifs is 6. The Labute approximate surface area is 348 Å². The molecule has 3 unspecified atom stereocenters. The van der Waals surface area contributed by atoms with Gasteiger partial charge in [-0.2, -0.15) is 0 Å². The third-order valence-electron chi connectivity index (χ3n) is 12.3. The average molecular weight is 810 g/mol. The molecule has 2 saturated heterocycles. The molecule has 0 spiro atoms. The second kappa shape index (κ2) is 16.1. The molecule has 3 aliphatic heterocycles. The Morgan fingerprint density at radius 2 is 1.78 bits per heavy atom. The lowest BCUT2D eigenvalue weighted by Crippen LogP contribution is -2.43. The smallest absolute Gasteiger partial charge is 0.407 e. The molecule has 0 saturated carbocycles. The van der Waals surface area contributed by atoms with Gasteiger partial charge in [0.1, 0.15) is 30.0 Å². The summed E-state index contributed by atoms with van der Waals surface area (Å²) in [5.41, 5.74) is 7.43. The number of hydrogen-bond acceptors (Lipinski definition) is 8. The van der Waals surface area contributed by atoms with E-state index in [4.69, 9.17) is 24.2 Å². The van der Waals surface area contributed by atoms with E-state index in [1.807, 2.05) is 41.4 Å². The van der Waals surface area contributed by atoms with Crippen LogP contribution in [0.2, 0.25) is 0 Å². The Bertz CT molecular complexity index is 2580. The van der Waals surface area contributed by atoms with Crippen LogP contribution in [-0.2, 0) is 25.7 Å². The third-order valence-corrected chi connectivity index (χ3v) is 12.3. The molecule has 0 aliphatic carbocycles. The van der Waals surface area contributed by atoms with E-state index in [0.717, 1.165) is 74.2 Å². The fourth-order valence-electron chi connectivity index (χ4n) is 9.47. The number of ether oxygens (including phenoxy) is 3. The Morgan fingerprint density at radius 3 is 2.57 bits per heavy atom. The van der Waals surface area contributed by atoms with Gasteiger partial charge in [0.2, 0.25) is 5.91 Å². The molecule has 310 valence electrons. The second-order valence-corrected chi connectivity index (χ2v) is 16.9. The van der Waals surface area contributed by atoms with Gasteiger partial charge in [0, 0.05) is 43.0 Å². The maximum absolute atomic E-state index is 14.3. The van der Waals surface area contributed by atoms with Gasteiger partial charge in [-0.05, 0) is 84.0 Å². The van der Waals surface area contributed by atoms with Crippen LogP contribution in [0.25, 0.3) is 44.2 Å². The molecule has 0 radical (unpaired) electrons. The van der Waals surface area contributed by atoms with E-state index < -0.39 is 12.1 Å². The minimum absolute atomic E-state index is 0.0656. The number of alkyl carbamates (subject to hydrolysis) is 1. The molecule has 60 heavy (non-hydrogen) atoms. The molecule has 3 aliphatic rings. The van der Waals surface area contributed by atoms with Gasteiger partial charge in [-0.3, -0.25) is 9.59 Å². The molecule has 5 heterocycles. The van der Waals surface area contributed by atoms with Crippen LogP contribution in [-0.4, -0.2) is 81.1 Å². The summed E-state index contributed by atoms with van der Waals surface area (Å²) in [6, 6.07) is 22.8. The number of likely N-dealkylation sites (tertiary alicyclic amines) is 2. The zero-order valence-corrected chi connectivity index (χ0v) is 34.7. The van der Waals surface area contributed by atoms with Crippen molar-refractivity contribution < 1.29 is 28.6 Å². The van der Waals surface area contributed by atoms with Crippen LogP contribution in [0, 0.1) is 11.8 Å². The lowest BCUT2D eigenvalue weighted by molar-refractivity contribution is -0.135. The summed E-state index contributed by atoms with van der Waals surface area (Å²) < 4.78 is 16.9. The summed E-state index contributed by atoms with van der Waals surface area (Å²) in [6.07, 6.45) is 4.15. The van der Waals surface area contributed by atoms with Crippen LogP contribution in [0.1, 0.15) is 87.4 Å². The fraction of sp³-hybridized carbons (Fsp3) is 0.383. The zero-order valence-electron chi connectivity index (χ0n) is 34.7. The lowest BCUT2D eigenvalue weighted by Gasteiger charge is -2.28. The third kappa shape index (κ3) is 7.25. The van der Waals surface area contributed by atoms with Crippen LogP contribution < -0.4 is 10.1 Å². The first-order valence-electron chi connectivity index (χ1n) is 20.9. The predicted molar refractivity (Wildman–Crippen MR) is 228 cm³/mol. The minimum Gasteiger partial charge on any atom is -0.488 e. The van der Waals surface area contributed by atoms with Gasteiger partial charge in [-0.1, -0.05) is 62.4 Å². The first kappa shape index (κ1) is 39.3. The first-order valence-corrected chi connectivity index (χ1v) is 20.9. The van der Waals surface area contributed by atoms with E-state index in [9.17, 15) is 14.4 Å². The molecule has 2 fully saturated rings. The van der Waals surface area contributed by atoms with Crippen molar-refractivity contribution >= 4 is 39.7 Å². The number of nitrogens with one attached hydrogen (secondary N) is 3. The molecule has 2 aromatic heterocycles. The lowest BCUT2D eigenvalue weighted by atomic mass is 9.92. The molecule has 3 amide bonds. The van der Waals surface area contributed by atoms with Crippen LogP contribution in [0.5, 0.6) is 5.75 Å². The highest BCUT2D eigenvalue weighted by molar-refractivity contribution is 6.07. The quantitative estimate of drug-likeness (QED) is 0.125. The minimum atomic E-state index is -0.932. The molecule has 9 rings (SSSR count). The number of rotatable bonds is 10. The average Bonchev–Trinajstić information content (AvgIpc) is 4.07. The van der Waals surface area contributed by atoms with Gasteiger partial charge in [0.15, 0.2) is 0 Å². The first-order chi connectivity index (χ1) is 29.1. The summed E-state index contributed by atoms with van der Waals surface area (Å²) in [5.74, 6) is 2.63.